The SMILES string of the molecule is COc1ccc(N(CC(=O)NCCOc2ccc3ccccc3c2)S(C)(=O)=O)c(OC)c1. The van der Waals surface area contributed by atoms with Gasteiger partial charge in [-0.05, 0) is 35.0 Å². The predicted octanol–water partition coefficient (Wildman–Crippen LogP) is 2.82. The highest BCUT2D eigenvalue weighted by atomic mass is 32.2. The number of nitrogens with zero attached hydrogens (tertiary/aromatic N) is 1. The van der Waals surface area contributed by atoms with Gasteiger partial charge in [-0.2, -0.15) is 0 Å². The zero-order chi connectivity index (χ0) is 23.1. The molecule has 3 aromatic rings. The van der Waals surface area contributed by atoms with Crippen molar-refractivity contribution >= 4 is 32.4 Å². The quantitative estimate of drug-likeness (QED) is 0.470. The number of ether oxygens (including phenoxy) is 3. The Morgan fingerprint density at radius 3 is 2.34 bits per heavy atom. The van der Waals surface area contributed by atoms with Crippen LogP contribution in [0.4, 0.5) is 5.69 Å². The zero-order valence-electron chi connectivity index (χ0n) is 18.2. The lowest BCUT2D eigenvalue weighted by Crippen LogP contribution is -2.41. The summed E-state index contributed by atoms with van der Waals surface area (Å²) in [4.78, 5) is 12.4. The summed E-state index contributed by atoms with van der Waals surface area (Å²) < 4.78 is 41.8. The van der Waals surface area contributed by atoms with Gasteiger partial charge in [0.15, 0.2) is 0 Å². The Labute approximate surface area is 187 Å². The molecule has 0 aliphatic carbocycles. The molecule has 8 nitrogen and oxygen atoms in total. The summed E-state index contributed by atoms with van der Waals surface area (Å²) in [7, 11) is -0.823. The molecule has 3 rings (SSSR count). The maximum Gasteiger partial charge on any atom is 0.240 e. The molecule has 0 bridgehead atoms. The number of methoxy groups -OCH3 is 2. The number of sulfonamides is 1. The molecule has 0 radical (unpaired) electrons. The summed E-state index contributed by atoms with van der Waals surface area (Å²) in [5.41, 5.74) is 0.248. The van der Waals surface area contributed by atoms with Gasteiger partial charge in [0.2, 0.25) is 15.9 Å². The van der Waals surface area contributed by atoms with Crippen molar-refractivity contribution in [3.8, 4) is 17.2 Å². The first-order chi connectivity index (χ1) is 15.3. The van der Waals surface area contributed by atoms with Crippen molar-refractivity contribution in [2.45, 2.75) is 0 Å². The maximum absolute atomic E-state index is 12.4. The van der Waals surface area contributed by atoms with Gasteiger partial charge in [0.05, 0.1) is 32.7 Å². The predicted molar refractivity (Wildman–Crippen MR) is 124 cm³/mol. The first-order valence-electron chi connectivity index (χ1n) is 9.90. The number of amides is 1. The van der Waals surface area contributed by atoms with Crippen molar-refractivity contribution in [2.24, 2.45) is 0 Å². The van der Waals surface area contributed by atoms with Crippen LogP contribution in [0, 0.1) is 0 Å². The van der Waals surface area contributed by atoms with E-state index >= 15 is 0 Å². The number of hydrogen-bond donors (Lipinski definition) is 1. The highest BCUT2D eigenvalue weighted by molar-refractivity contribution is 7.92. The second-order valence-electron chi connectivity index (χ2n) is 7.01. The third kappa shape index (κ3) is 5.82. The maximum atomic E-state index is 12.4. The molecule has 0 atom stereocenters. The lowest BCUT2D eigenvalue weighted by molar-refractivity contribution is -0.119. The summed E-state index contributed by atoms with van der Waals surface area (Å²) in [5, 5.41) is 4.86. The Balaban J connectivity index is 1.60. The standard InChI is InChI=1S/C23H26N2O6S/c1-29-19-10-11-21(22(15-19)30-2)25(32(3,27)28)16-23(26)24-12-13-31-20-9-8-17-6-4-5-7-18(17)14-20/h4-11,14-15H,12-13,16H2,1-3H3,(H,24,26). The molecule has 0 aliphatic heterocycles. The second-order valence-corrected chi connectivity index (χ2v) is 8.92. The van der Waals surface area contributed by atoms with Gasteiger partial charge < -0.3 is 19.5 Å². The lowest BCUT2D eigenvalue weighted by atomic mass is 10.1. The van der Waals surface area contributed by atoms with Crippen LogP contribution in [0.15, 0.2) is 60.7 Å². The van der Waals surface area contributed by atoms with E-state index in [0.29, 0.717) is 11.5 Å². The molecule has 0 spiro atoms. The van der Waals surface area contributed by atoms with Crippen LogP contribution in [0.5, 0.6) is 17.2 Å². The number of benzene rings is 3. The third-order valence-electron chi connectivity index (χ3n) is 4.76. The van der Waals surface area contributed by atoms with Gasteiger partial charge >= 0.3 is 0 Å². The number of nitrogens with one attached hydrogen (secondary N) is 1. The van der Waals surface area contributed by atoms with Crippen molar-refractivity contribution in [2.75, 3.05) is 44.5 Å². The Morgan fingerprint density at radius 1 is 0.938 bits per heavy atom. The number of anilines is 1. The number of hydrogen-bond acceptors (Lipinski definition) is 6. The van der Waals surface area contributed by atoms with E-state index in [-0.39, 0.29) is 24.6 Å². The second kappa shape index (κ2) is 10.2. The van der Waals surface area contributed by atoms with Gasteiger partial charge in [-0.3, -0.25) is 9.10 Å². The molecule has 1 N–H and O–H groups in total. The van der Waals surface area contributed by atoms with Crippen LogP contribution in [0.3, 0.4) is 0 Å². The minimum Gasteiger partial charge on any atom is -0.497 e. The fourth-order valence-electron chi connectivity index (χ4n) is 3.17. The van der Waals surface area contributed by atoms with Gasteiger partial charge in [-0.1, -0.05) is 30.3 Å². The highest BCUT2D eigenvalue weighted by Gasteiger charge is 2.24. The molecule has 32 heavy (non-hydrogen) atoms. The first-order valence-corrected chi connectivity index (χ1v) is 11.7. The average molecular weight is 459 g/mol. The largest absolute Gasteiger partial charge is 0.497 e. The molecule has 0 aliphatic rings. The fraction of sp³-hybridized carbons (Fsp3) is 0.261. The topological polar surface area (TPSA) is 94.2 Å². The van der Waals surface area contributed by atoms with Gasteiger partial charge in [0.1, 0.15) is 30.4 Å². The molecular formula is C23H26N2O6S. The van der Waals surface area contributed by atoms with E-state index in [2.05, 4.69) is 5.32 Å². The van der Waals surface area contributed by atoms with Crippen LogP contribution in [0.25, 0.3) is 10.8 Å². The summed E-state index contributed by atoms with van der Waals surface area (Å²) in [6.45, 7) is 0.0787. The number of rotatable bonds is 10. The van der Waals surface area contributed by atoms with E-state index < -0.39 is 22.5 Å². The molecule has 0 aromatic heterocycles. The number of fused-ring (bicyclic) bond motifs is 1. The van der Waals surface area contributed by atoms with E-state index in [1.54, 1.807) is 12.1 Å². The summed E-state index contributed by atoms with van der Waals surface area (Å²) in [6, 6.07) is 18.4. The van der Waals surface area contributed by atoms with Crippen molar-refractivity contribution in [3.63, 3.8) is 0 Å². The Morgan fingerprint density at radius 2 is 1.66 bits per heavy atom. The minimum atomic E-state index is -3.74. The van der Waals surface area contributed by atoms with E-state index in [1.807, 2.05) is 42.5 Å². The Hall–Kier alpha value is -3.46. The molecule has 9 heteroatoms. The van der Waals surface area contributed by atoms with Crippen molar-refractivity contribution < 1.29 is 27.4 Å². The van der Waals surface area contributed by atoms with E-state index in [9.17, 15) is 13.2 Å². The monoisotopic (exact) mass is 458 g/mol. The van der Waals surface area contributed by atoms with Gasteiger partial charge in [0, 0.05) is 6.07 Å². The van der Waals surface area contributed by atoms with E-state index in [0.717, 1.165) is 21.3 Å². The molecule has 0 unspecified atom stereocenters. The van der Waals surface area contributed by atoms with Crippen LogP contribution >= 0.6 is 0 Å². The Kier molecular flexibility index (Phi) is 7.42. The highest BCUT2D eigenvalue weighted by Crippen LogP contribution is 2.33. The van der Waals surface area contributed by atoms with E-state index in [1.165, 1.54) is 20.3 Å². The first kappa shape index (κ1) is 23.2. The number of carbonyl (C=O) groups is 1. The molecule has 0 heterocycles. The third-order valence-corrected chi connectivity index (χ3v) is 5.88. The molecule has 1 amide bonds. The summed E-state index contributed by atoms with van der Waals surface area (Å²) in [6.07, 6.45) is 1.03. The molecular weight excluding hydrogens is 432 g/mol. The molecule has 0 saturated heterocycles. The van der Waals surface area contributed by atoms with Gasteiger partial charge in [0.25, 0.3) is 0 Å². The molecule has 3 aromatic carbocycles. The van der Waals surface area contributed by atoms with Gasteiger partial charge in [-0.15, -0.1) is 0 Å². The van der Waals surface area contributed by atoms with Crippen LogP contribution in [-0.4, -0.2) is 54.5 Å². The lowest BCUT2D eigenvalue weighted by Gasteiger charge is -2.24. The fourth-order valence-corrected chi connectivity index (χ4v) is 4.03. The van der Waals surface area contributed by atoms with Gasteiger partial charge in [-0.25, -0.2) is 8.42 Å². The molecule has 0 fully saturated rings. The van der Waals surface area contributed by atoms with Crippen LogP contribution < -0.4 is 23.8 Å². The number of carbonyl (C=O) groups excluding carboxylic acids is 1. The normalized spacial score (nSPS) is 11.1. The smallest absolute Gasteiger partial charge is 0.240 e. The minimum absolute atomic E-state index is 0.225. The average Bonchev–Trinajstić information content (AvgIpc) is 2.79. The Bertz CT molecular complexity index is 1200. The van der Waals surface area contributed by atoms with Crippen molar-refractivity contribution in [3.05, 3.63) is 60.7 Å². The zero-order valence-corrected chi connectivity index (χ0v) is 19.0. The van der Waals surface area contributed by atoms with E-state index in [4.69, 9.17) is 14.2 Å². The van der Waals surface area contributed by atoms with Crippen LogP contribution in [0.2, 0.25) is 0 Å². The summed E-state index contributed by atoms with van der Waals surface area (Å²) >= 11 is 0. The summed E-state index contributed by atoms with van der Waals surface area (Å²) in [5.74, 6) is 1.02. The van der Waals surface area contributed by atoms with Crippen molar-refractivity contribution in [1.29, 1.82) is 0 Å². The van der Waals surface area contributed by atoms with Crippen molar-refractivity contribution in [1.82, 2.24) is 5.32 Å². The van der Waals surface area contributed by atoms with Crippen LogP contribution in [-0.2, 0) is 14.8 Å². The van der Waals surface area contributed by atoms with Crippen LogP contribution in [0.1, 0.15) is 0 Å². The molecule has 0 saturated carbocycles. The molecule has 170 valence electrons.